The number of aromatic hydroxyl groups is 1. The summed E-state index contributed by atoms with van der Waals surface area (Å²) in [5.74, 6) is -1.09. The lowest BCUT2D eigenvalue weighted by Gasteiger charge is -2.25. The molecule has 0 radical (unpaired) electrons. The molecule has 11 heteroatoms. The highest BCUT2D eigenvalue weighted by Crippen LogP contribution is 2.47. The van der Waals surface area contributed by atoms with Crippen molar-refractivity contribution in [3.8, 4) is 28.3 Å². The zero-order chi connectivity index (χ0) is 30.7. The van der Waals surface area contributed by atoms with E-state index >= 15 is 13.2 Å². The molecule has 0 aliphatic carbocycles. The van der Waals surface area contributed by atoms with Crippen molar-refractivity contribution in [2.75, 3.05) is 5.73 Å². The number of phenols is 1. The Balaban J connectivity index is 1.59. The largest absolute Gasteiger partial charge is 0.508 e. The number of phenolic OH excluding ortho intramolecular Hbond substituents is 1. The maximum Gasteiger partial charge on any atom is 0.417 e. The number of fused-ring (bicyclic) bond motifs is 3. The minimum Gasteiger partial charge on any atom is -0.508 e. The minimum absolute atomic E-state index is 0.00169. The molecule has 0 spiro atoms. The molecule has 0 saturated heterocycles. The molecule has 7 aromatic rings. The van der Waals surface area contributed by atoms with Gasteiger partial charge < -0.3 is 10.8 Å². The molecule has 1 atom stereocenters. The van der Waals surface area contributed by atoms with E-state index in [1.54, 1.807) is 55.5 Å². The Hall–Kier alpha value is -5.58. The van der Waals surface area contributed by atoms with Gasteiger partial charge in [-0.2, -0.15) is 18.3 Å². The van der Waals surface area contributed by atoms with Crippen LogP contribution < -0.4 is 5.73 Å². The van der Waals surface area contributed by atoms with Crippen LogP contribution in [0.2, 0.25) is 0 Å². The third-order valence-corrected chi connectivity index (χ3v) is 7.73. The second-order valence-electron chi connectivity index (χ2n) is 10.5. The topological polar surface area (TPSA) is 103 Å². The molecule has 44 heavy (non-hydrogen) atoms. The van der Waals surface area contributed by atoms with Gasteiger partial charge in [-0.25, -0.2) is 19.0 Å². The third-order valence-electron chi connectivity index (χ3n) is 7.73. The zero-order valence-corrected chi connectivity index (χ0v) is 23.0. The SMILES string of the molecule is CC(c1c(-c2ccccn2)cc2cc3ccccc3cc2c1C(F)(F)F)n1nc(-c2cc(O)cc(F)c2)c2c(N)ncnc21. The molecule has 0 fully saturated rings. The molecule has 3 heterocycles. The number of aromatic nitrogens is 5. The summed E-state index contributed by atoms with van der Waals surface area (Å²) >= 11 is 0. The Morgan fingerprint density at radius 3 is 2.32 bits per heavy atom. The summed E-state index contributed by atoms with van der Waals surface area (Å²) < 4.78 is 61.6. The lowest BCUT2D eigenvalue weighted by atomic mass is 9.87. The van der Waals surface area contributed by atoms with Crippen molar-refractivity contribution in [1.82, 2.24) is 24.7 Å². The van der Waals surface area contributed by atoms with Crippen molar-refractivity contribution in [3.05, 3.63) is 108 Å². The first-order chi connectivity index (χ1) is 21.1. The standard InChI is InChI=1S/C33H22F4N6O/c1-17(43-32-28(31(38)40-16-41-32)30(42-43)21-11-22(34)15-23(44)12-21)27-25(26-8-4-5-9-39-26)14-20-10-18-6-2-3-7-19(18)13-24(20)29(27)33(35,36)37/h2-17,44H,1H3,(H2,38,40,41). The summed E-state index contributed by atoms with van der Waals surface area (Å²) in [6, 6.07) is 19.6. The fourth-order valence-corrected chi connectivity index (χ4v) is 5.88. The van der Waals surface area contributed by atoms with Gasteiger partial charge in [-0.1, -0.05) is 30.3 Å². The number of halogens is 4. The summed E-state index contributed by atoms with van der Waals surface area (Å²) in [5.41, 5.74) is 6.34. The average molecular weight is 595 g/mol. The van der Waals surface area contributed by atoms with Crippen LogP contribution in [0.25, 0.3) is 55.1 Å². The zero-order valence-electron chi connectivity index (χ0n) is 23.0. The van der Waals surface area contributed by atoms with Crippen LogP contribution >= 0.6 is 0 Å². The first-order valence-corrected chi connectivity index (χ1v) is 13.6. The number of hydrogen-bond donors (Lipinski definition) is 2. The highest BCUT2D eigenvalue weighted by atomic mass is 19.4. The molecule has 0 aliphatic heterocycles. The summed E-state index contributed by atoms with van der Waals surface area (Å²) in [5, 5.41) is 16.8. The molecule has 0 aliphatic rings. The summed E-state index contributed by atoms with van der Waals surface area (Å²) in [6.07, 6.45) is -2.07. The summed E-state index contributed by atoms with van der Waals surface area (Å²) in [4.78, 5) is 12.8. The lowest BCUT2D eigenvalue weighted by Crippen LogP contribution is -2.18. The van der Waals surface area contributed by atoms with Gasteiger partial charge in [0.15, 0.2) is 5.65 Å². The van der Waals surface area contributed by atoms with E-state index in [2.05, 4.69) is 20.1 Å². The number of benzene rings is 4. The lowest BCUT2D eigenvalue weighted by molar-refractivity contribution is -0.137. The van der Waals surface area contributed by atoms with Crippen LogP contribution in [0.5, 0.6) is 5.75 Å². The smallest absolute Gasteiger partial charge is 0.417 e. The van der Waals surface area contributed by atoms with Crippen molar-refractivity contribution in [2.24, 2.45) is 0 Å². The van der Waals surface area contributed by atoms with Crippen LogP contribution in [0.3, 0.4) is 0 Å². The van der Waals surface area contributed by atoms with Gasteiger partial charge in [0.2, 0.25) is 0 Å². The molecule has 7 rings (SSSR count). The maximum atomic E-state index is 15.3. The molecule has 3 aromatic heterocycles. The summed E-state index contributed by atoms with van der Waals surface area (Å²) in [7, 11) is 0. The number of hydrogen-bond acceptors (Lipinski definition) is 6. The number of nitrogens with zero attached hydrogens (tertiary/aromatic N) is 5. The average Bonchev–Trinajstić information content (AvgIpc) is 3.39. The molecule has 218 valence electrons. The number of alkyl halides is 3. The molecule has 0 amide bonds. The van der Waals surface area contributed by atoms with Crippen LogP contribution in [0.4, 0.5) is 23.4 Å². The van der Waals surface area contributed by atoms with Gasteiger partial charge in [-0.15, -0.1) is 0 Å². The van der Waals surface area contributed by atoms with Crippen molar-refractivity contribution >= 4 is 38.4 Å². The Morgan fingerprint density at radius 2 is 1.61 bits per heavy atom. The normalized spacial score (nSPS) is 12.8. The first kappa shape index (κ1) is 27.3. The molecule has 0 bridgehead atoms. The highest BCUT2D eigenvalue weighted by molar-refractivity contribution is 6.03. The second-order valence-corrected chi connectivity index (χ2v) is 10.5. The van der Waals surface area contributed by atoms with E-state index in [1.807, 2.05) is 12.1 Å². The van der Waals surface area contributed by atoms with Crippen LogP contribution in [-0.2, 0) is 6.18 Å². The Morgan fingerprint density at radius 1 is 0.864 bits per heavy atom. The van der Waals surface area contributed by atoms with Crippen LogP contribution in [0.1, 0.15) is 24.1 Å². The Kier molecular flexibility index (Phi) is 6.20. The molecule has 3 N–H and O–H groups in total. The van der Waals surface area contributed by atoms with Crippen molar-refractivity contribution in [1.29, 1.82) is 0 Å². The first-order valence-electron chi connectivity index (χ1n) is 13.6. The predicted molar refractivity (Wildman–Crippen MR) is 160 cm³/mol. The van der Waals surface area contributed by atoms with E-state index in [4.69, 9.17) is 5.73 Å². The van der Waals surface area contributed by atoms with E-state index in [0.29, 0.717) is 16.5 Å². The molecular weight excluding hydrogens is 572 g/mol. The molecular formula is C33H22F4N6O. The van der Waals surface area contributed by atoms with Gasteiger partial charge in [-0.3, -0.25) is 4.98 Å². The molecule has 0 saturated carbocycles. The minimum atomic E-state index is -4.77. The number of rotatable bonds is 4. The molecule has 7 nitrogen and oxygen atoms in total. The Labute approximate surface area is 247 Å². The van der Waals surface area contributed by atoms with E-state index in [9.17, 15) is 9.50 Å². The van der Waals surface area contributed by atoms with Crippen molar-refractivity contribution < 1.29 is 22.7 Å². The van der Waals surface area contributed by atoms with Crippen molar-refractivity contribution in [3.63, 3.8) is 0 Å². The van der Waals surface area contributed by atoms with Gasteiger partial charge in [0.25, 0.3) is 0 Å². The quantitative estimate of drug-likeness (QED) is 0.159. The van der Waals surface area contributed by atoms with Crippen LogP contribution in [0.15, 0.2) is 91.4 Å². The monoisotopic (exact) mass is 594 g/mol. The van der Waals surface area contributed by atoms with Gasteiger partial charge >= 0.3 is 6.18 Å². The van der Waals surface area contributed by atoms with E-state index in [1.165, 1.54) is 23.3 Å². The third kappa shape index (κ3) is 4.44. The van der Waals surface area contributed by atoms with Gasteiger partial charge in [0, 0.05) is 23.4 Å². The van der Waals surface area contributed by atoms with Gasteiger partial charge in [-0.05, 0) is 76.5 Å². The van der Waals surface area contributed by atoms with Crippen molar-refractivity contribution in [2.45, 2.75) is 19.1 Å². The Bertz CT molecular complexity index is 2210. The number of pyridine rings is 1. The van der Waals surface area contributed by atoms with Crippen LogP contribution in [-0.4, -0.2) is 29.8 Å². The second kappa shape index (κ2) is 10.0. The summed E-state index contributed by atoms with van der Waals surface area (Å²) in [6.45, 7) is 1.58. The van der Waals surface area contributed by atoms with Gasteiger partial charge in [0.05, 0.1) is 22.7 Å². The maximum absolute atomic E-state index is 15.3. The predicted octanol–water partition coefficient (Wildman–Crippen LogP) is 7.92. The van der Waals surface area contributed by atoms with E-state index in [0.717, 1.165) is 17.5 Å². The number of nitrogen functional groups attached to an aromatic ring is 1. The molecule has 4 aromatic carbocycles. The van der Waals surface area contributed by atoms with Crippen LogP contribution in [0, 0.1) is 5.82 Å². The fraction of sp³-hybridized carbons (Fsp3) is 0.0909. The highest BCUT2D eigenvalue weighted by Gasteiger charge is 2.39. The fourth-order valence-electron chi connectivity index (χ4n) is 5.88. The van der Waals surface area contributed by atoms with E-state index < -0.39 is 23.6 Å². The van der Waals surface area contributed by atoms with Gasteiger partial charge in [0.1, 0.15) is 29.4 Å². The number of nitrogens with two attached hydrogens (primary N) is 1. The van der Waals surface area contributed by atoms with E-state index in [-0.39, 0.29) is 50.4 Å². The number of anilines is 1. The molecule has 1 unspecified atom stereocenters.